The van der Waals surface area contributed by atoms with Crippen molar-refractivity contribution in [2.24, 2.45) is 11.7 Å². The number of aryl methyl sites for hydroxylation is 2. The Kier molecular flexibility index (Phi) is 7.65. The lowest BCUT2D eigenvalue weighted by Crippen LogP contribution is -2.51. The number of nitrogens with two attached hydrogens (primary N) is 1. The van der Waals surface area contributed by atoms with Crippen molar-refractivity contribution in [3.8, 4) is 0 Å². The fraction of sp³-hybridized carbons (Fsp3) is 0.650. The van der Waals surface area contributed by atoms with Crippen LogP contribution in [0.1, 0.15) is 50.0 Å². The number of carbonyl (C=O) groups is 1. The van der Waals surface area contributed by atoms with Crippen LogP contribution in [0.15, 0.2) is 6.33 Å². The van der Waals surface area contributed by atoms with Crippen LogP contribution in [-0.4, -0.2) is 41.0 Å². The first-order chi connectivity index (χ1) is 12.9. The number of amides is 1. The third-order valence-corrected chi connectivity index (χ3v) is 7.25. The second kappa shape index (κ2) is 9.37. The fourth-order valence-corrected chi connectivity index (χ4v) is 4.66. The number of anilines is 1. The molecule has 0 spiro atoms. The van der Waals surface area contributed by atoms with Crippen molar-refractivity contribution in [1.29, 1.82) is 0 Å². The summed E-state index contributed by atoms with van der Waals surface area (Å²) in [5, 5.41) is 4.25. The second-order valence-corrected chi connectivity index (χ2v) is 8.91. The van der Waals surface area contributed by atoms with Gasteiger partial charge in [0, 0.05) is 36.0 Å². The summed E-state index contributed by atoms with van der Waals surface area (Å²) in [6, 6.07) is 0. The van der Waals surface area contributed by atoms with E-state index in [4.69, 9.17) is 5.73 Å². The van der Waals surface area contributed by atoms with E-state index in [9.17, 15) is 4.79 Å². The second-order valence-electron chi connectivity index (χ2n) is 7.71. The first-order valence-corrected chi connectivity index (χ1v) is 10.7. The van der Waals surface area contributed by atoms with Crippen molar-refractivity contribution in [2.45, 2.75) is 58.9 Å². The number of hydrogen-bond acceptors (Lipinski definition) is 6. The normalized spacial score (nSPS) is 15.5. The minimum atomic E-state index is -0.294. The van der Waals surface area contributed by atoms with E-state index < -0.39 is 0 Å². The molecule has 1 fully saturated rings. The van der Waals surface area contributed by atoms with Crippen LogP contribution in [-0.2, 0) is 4.79 Å². The number of piperidine rings is 1. The highest BCUT2D eigenvalue weighted by Gasteiger charge is 2.29. The molecule has 6 nitrogen and oxygen atoms in total. The number of hydrogen-bond donors (Lipinski definition) is 2. The molecule has 0 aliphatic carbocycles. The van der Waals surface area contributed by atoms with E-state index in [1.807, 2.05) is 0 Å². The van der Waals surface area contributed by atoms with Crippen molar-refractivity contribution in [2.75, 3.05) is 24.5 Å². The van der Waals surface area contributed by atoms with E-state index in [1.54, 1.807) is 17.7 Å². The van der Waals surface area contributed by atoms with E-state index in [2.05, 4.69) is 47.9 Å². The van der Waals surface area contributed by atoms with Crippen LogP contribution in [0.2, 0.25) is 0 Å². The number of fused-ring (bicyclic) bond motifs is 1. The summed E-state index contributed by atoms with van der Waals surface area (Å²) in [4.78, 5) is 26.2. The van der Waals surface area contributed by atoms with E-state index in [1.165, 1.54) is 15.8 Å². The number of thiophene rings is 1. The van der Waals surface area contributed by atoms with Gasteiger partial charge >= 0.3 is 0 Å². The SMILES string of the molecule is CCC(N)(CC)CNC(=O)C1CCN(c2ncnc3sc(C)c(C)c23)CC1.Cl. The summed E-state index contributed by atoms with van der Waals surface area (Å²) >= 11 is 1.72. The monoisotopic (exact) mass is 425 g/mol. The van der Waals surface area contributed by atoms with E-state index in [0.29, 0.717) is 6.54 Å². The predicted octanol–water partition coefficient (Wildman–Crippen LogP) is 3.58. The molecule has 8 heteroatoms. The Hall–Kier alpha value is -1.44. The Morgan fingerprint density at radius 3 is 2.54 bits per heavy atom. The van der Waals surface area contributed by atoms with Gasteiger partial charge in [-0.2, -0.15) is 0 Å². The van der Waals surface area contributed by atoms with Crippen molar-refractivity contribution in [3.63, 3.8) is 0 Å². The van der Waals surface area contributed by atoms with Crippen molar-refractivity contribution >= 4 is 45.7 Å². The van der Waals surface area contributed by atoms with Crippen molar-refractivity contribution in [1.82, 2.24) is 15.3 Å². The molecule has 2 aromatic heterocycles. The Morgan fingerprint density at radius 2 is 1.93 bits per heavy atom. The Bertz CT molecular complexity index is 812. The number of nitrogens with one attached hydrogen (secondary N) is 1. The Balaban J connectivity index is 0.00000280. The molecule has 3 heterocycles. The molecule has 3 rings (SSSR count). The molecule has 0 radical (unpaired) electrons. The molecule has 1 amide bonds. The van der Waals surface area contributed by atoms with Gasteiger partial charge in [-0.3, -0.25) is 4.79 Å². The zero-order chi connectivity index (χ0) is 19.6. The summed E-state index contributed by atoms with van der Waals surface area (Å²) < 4.78 is 0. The molecule has 0 saturated carbocycles. The molecule has 3 N–H and O–H groups in total. The van der Waals surface area contributed by atoms with Crippen LogP contribution >= 0.6 is 23.7 Å². The third-order valence-electron chi connectivity index (χ3n) is 6.13. The smallest absolute Gasteiger partial charge is 0.223 e. The van der Waals surface area contributed by atoms with Gasteiger partial charge in [0.25, 0.3) is 0 Å². The zero-order valence-electron chi connectivity index (χ0n) is 17.2. The lowest BCUT2D eigenvalue weighted by atomic mass is 9.92. The summed E-state index contributed by atoms with van der Waals surface area (Å²) in [6.45, 7) is 10.7. The number of nitrogens with zero attached hydrogens (tertiary/aromatic N) is 3. The van der Waals surface area contributed by atoms with E-state index >= 15 is 0 Å². The van der Waals surface area contributed by atoms with Crippen LogP contribution in [0.25, 0.3) is 10.2 Å². The summed E-state index contributed by atoms with van der Waals surface area (Å²) in [6.07, 6.45) is 5.07. The maximum absolute atomic E-state index is 12.6. The van der Waals surface area contributed by atoms with Crippen LogP contribution in [0, 0.1) is 19.8 Å². The Labute approximate surface area is 177 Å². The fourth-order valence-electron chi connectivity index (χ4n) is 3.66. The van der Waals surface area contributed by atoms with Gasteiger partial charge in [-0.25, -0.2) is 9.97 Å². The first-order valence-electron chi connectivity index (χ1n) is 9.90. The van der Waals surface area contributed by atoms with Gasteiger partial charge in [0.2, 0.25) is 5.91 Å². The lowest BCUT2D eigenvalue weighted by Gasteiger charge is -2.33. The van der Waals surface area contributed by atoms with Gasteiger partial charge in [-0.05, 0) is 45.1 Å². The maximum Gasteiger partial charge on any atom is 0.223 e. The molecule has 0 unspecified atom stereocenters. The highest BCUT2D eigenvalue weighted by molar-refractivity contribution is 7.18. The predicted molar refractivity (Wildman–Crippen MR) is 120 cm³/mol. The van der Waals surface area contributed by atoms with Gasteiger partial charge in [0.1, 0.15) is 17.0 Å². The molecule has 1 aliphatic heterocycles. The number of aromatic nitrogens is 2. The molecule has 156 valence electrons. The number of rotatable bonds is 6. The standard InChI is InChI=1S/C20H31N5OS.ClH/c1-5-20(21,6-2)11-22-18(26)15-7-9-25(10-8-15)17-16-13(3)14(4)27-19(16)24-12-23-17;/h12,15H,5-11,21H2,1-4H3,(H,22,26);1H. The third kappa shape index (κ3) is 4.58. The van der Waals surface area contributed by atoms with E-state index in [-0.39, 0.29) is 29.8 Å². The van der Waals surface area contributed by atoms with Gasteiger partial charge in [0.15, 0.2) is 0 Å². The molecule has 2 aromatic rings. The van der Waals surface area contributed by atoms with Gasteiger partial charge in [-0.15, -0.1) is 23.7 Å². The molecule has 0 aromatic carbocycles. The highest BCUT2D eigenvalue weighted by Crippen LogP contribution is 2.35. The first kappa shape index (κ1) is 22.8. The van der Waals surface area contributed by atoms with Crippen molar-refractivity contribution < 1.29 is 4.79 Å². The lowest BCUT2D eigenvalue weighted by molar-refractivity contribution is -0.125. The average Bonchev–Trinajstić information content (AvgIpc) is 3.00. The highest BCUT2D eigenvalue weighted by atomic mass is 35.5. The van der Waals surface area contributed by atoms with Gasteiger partial charge < -0.3 is 16.0 Å². The molecule has 1 saturated heterocycles. The molecule has 28 heavy (non-hydrogen) atoms. The van der Waals surface area contributed by atoms with Gasteiger partial charge in [-0.1, -0.05) is 13.8 Å². The molecular weight excluding hydrogens is 394 g/mol. The average molecular weight is 426 g/mol. The van der Waals surface area contributed by atoms with Crippen LogP contribution < -0.4 is 16.0 Å². The molecule has 0 atom stereocenters. The molecule has 0 bridgehead atoms. The molecular formula is C20H32ClN5OS. The summed E-state index contributed by atoms with van der Waals surface area (Å²) in [7, 11) is 0. The maximum atomic E-state index is 12.6. The number of halogens is 1. The van der Waals surface area contributed by atoms with Crippen LogP contribution in [0.4, 0.5) is 5.82 Å². The zero-order valence-corrected chi connectivity index (χ0v) is 18.9. The largest absolute Gasteiger partial charge is 0.356 e. The van der Waals surface area contributed by atoms with Crippen molar-refractivity contribution in [3.05, 3.63) is 16.8 Å². The summed E-state index contributed by atoms with van der Waals surface area (Å²) in [5.74, 6) is 1.21. The minimum absolute atomic E-state index is 0. The van der Waals surface area contributed by atoms with Crippen LogP contribution in [0.5, 0.6) is 0 Å². The summed E-state index contributed by atoms with van der Waals surface area (Å²) in [5.41, 5.74) is 7.28. The topological polar surface area (TPSA) is 84.1 Å². The minimum Gasteiger partial charge on any atom is -0.356 e. The molecule has 1 aliphatic rings. The Morgan fingerprint density at radius 1 is 1.29 bits per heavy atom. The number of carbonyl (C=O) groups excluding carboxylic acids is 1. The van der Waals surface area contributed by atoms with E-state index in [0.717, 1.165) is 49.4 Å². The quantitative estimate of drug-likeness (QED) is 0.738. The van der Waals surface area contributed by atoms with Crippen LogP contribution in [0.3, 0.4) is 0 Å². The van der Waals surface area contributed by atoms with Gasteiger partial charge in [0.05, 0.1) is 5.39 Å².